The normalized spacial score (nSPS) is 16.3. The molecule has 0 bridgehead atoms. The molecule has 1 aromatic heterocycles. The zero-order valence-corrected chi connectivity index (χ0v) is 18.5. The first-order valence-electron chi connectivity index (χ1n) is 9.48. The monoisotopic (exact) mass is 398 g/mol. The molecule has 0 aromatic carbocycles. The van der Waals surface area contributed by atoms with Gasteiger partial charge in [0.15, 0.2) is 11.1 Å². The van der Waals surface area contributed by atoms with Gasteiger partial charge in [-0.1, -0.05) is 24.6 Å². The van der Waals surface area contributed by atoms with Crippen molar-refractivity contribution >= 4 is 29.5 Å². The third-order valence-electron chi connectivity index (χ3n) is 4.93. The lowest BCUT2D eigenvalue weighted by atomic mass is 10.2. The first-order valence-corrected chi connectivity index (χ1v) is 11.9. The molecule has 1 saturated carbocycles. The van der Waals surface area contributed by atoms with E-state index in [0.717, 1.165) is 42.9 Å². The highest BCUT2D eigenvalue weighted by Crippen LogP contribution is 2.33. The Hall–Kier alpha value is -0.890. The molecule has 8 heteroatoms. The molecule has 1 aliphatic rings. The molecule has 0 atom stereocenters. The van der Waals surface area contributed by atoms with Gasteiger partial charge in [-0.05, 0) is 45.6 Å². The van der Waals surface area contributed by atoms with E-state index in [1.54, 1.807) is 11.8 Å². The van der Waals surface area contributed by atoms with Crippen LogP contribution in [-0.4, -0.2) is 58.1 Å². The van der Waals surface area contributed by atoms with E-state index in [9.17, 15) is 0 Å². The first kappa shape index (κ1) is 21.4. The van der Waals surface area contributed by atoms with E-state index in [4.69, 9.17) is 0 Å². The molecule has 0 amide bonds. The third kappa shape index (κ3) is 6.08. The maximum absolute atomic E-state index is 4.46. The third-order valence-corrected chi connectivity index (χ3v) is 6.83. The van der Waals surface area contributed by atoms with E-state index in [2.05, 4.69) is 56.7 Å². The van der Waals surface area contributed by atoms with Crippen LogP contribution in [0.25, 0.3) is 0 Å². The van der Waals surface area contributed by atoms with E-state index in [-0.39, 0.29) is 4.75 Å². The second-order valence-electron chi connectivity index (χ2n) is 7.33. The molecular formula is C18H34N6S2. The molecule has 1 heterocycles. The van der Waals surface area contributed by atoms with E-state index in [0.29, 0.717) is 6.04 Å². The number of hydrogen-bond donors (Lipinski definition) is 2. The number of thioether (sulfide) groups is 2. The molecule has 0 radical (unpaired) electrons. The van der Waals surface area contributed by atoms with Gasteiger partial charge in [-0.25, -0.2) is 0 Å². The van der Waals surface area contributed by atoms with Crippen LogP contribution in [0.3, 0.4) is 0 Å². The predicted molar refractivity (Wildman–Crippen MR) is 115 cm³/mol. The first-order chi connectivity index (χ1) is 12.5. The minimum Gasteiger partial charge on any atom is -0.356 e. The van der Waals surface area contributed by atoms with Crippen molar-refractivity contribution in [3.05, 3.63) is 5.82 Å². The second-order valence-corrected chi connectivity index (χ2v) is 9.62. The van der Waals surface area contributed by atoms with Crippen LogP contribution in [0.4, 0.5) is 0 Å². The molecule has 0 unspecified atom stereocenters. The van der Waals surface area contributed by atoms with Crippen molar-refractivity contribution < 1.29 is 0 Å². The fraction of sp³-hybridized carbons (Fsp3) is 0.833. The predicted octanol–water partition coefficient (Wildman–Crippen LogP) is 3.35. The van der Waals surface area contributed by atoms with Gasteiger partial charge >= 0.3 is 0 Å². The highest BCUT2D eigenvalue weighted by atomic mass is 32.2. The number of aliphatic imine (C=N–C) groups is 1. The molecule has 0 saturated heterocycles. The molecular weight excluding hydrogens is 364 g/mol. The summed E-state index contributed by atoms with van der Waals surface area (Å²) in [5.41, 5.74) is 0. The van der Waals surface area contributed by atoms with E-state index in [1.165, 1.54) is 25.7 Å². The molecule has 6 nitrogen and oxygen atoms in total. The van der Waals surface area contributed by atoms with Gasteiger partial charge in [-0.3, -0.25) is 4.99 Å². The Morgan fingerprint density at radius 2 is 1.96 bits per heavy atom. The van der Waals surface area contributed by atoms with E-state index >= 15 is 0 Å². The highest BCUT2D eigenvalue weighted by molar-refractivity contribution is 8.00. The van der Waals surface area contributed by atoms with Crippen LogP contribution in [-0.2, 0) is 6.42 Å². The molecule has 148 valence electrons. The summed E-state index contributed by atoms with van der Waals surface area (Å²) >= 11 is 3.56. The Labute approximate surface area is 166 Å². The molecule has 0 aliphatic heterocycles. The molecule has 1 aromatic rings. The van der Waals surface area contributed by atoms with Crippen LogP contribution in [0, 0.1) is 0 Å². The van der Waals surface area contributed by atoms with Gasteiger partial charge in [0.05, 0.1) is 0 Å². The van der Waals surface area contributed by atoms with Crippen molar-refractivity contribution in [3.63, 3.8) is 0 Å². The lowest BCUT2D eigenvalue weighted by molar-refractivity contribution is 0.460. The number of guanidine groups is 1. The number of aromatic nitrogens is 3. The summed E-state index contributed by atoms with van der Waals surface area (Å²) in [5.74, 6) is 2.00. The topological polar surface area (TPSA) is 67.1 Å². The van der Waals surface area contributed by atoms with Gasteiger partial charge in [0, 0.05) is 37.3 Å². The molecule has 2 rings (SSSR count). The Bertz CT molecular complexity index is 578. The van der Waals surface area contributed by atoms with Gasteiger partial charge in [-0.15, -0.1) is 10.2 Å². The van der Waals surface area contributed by atoms with Crippen molar-refractivity contribution in [2.45, 2.75) is 68.3 Å². The molecule has 0 spiro atoms. The lowest BCUT2D eigenvalue weighted by Crippen LogP contribution is -2.43. The van der Waals surface area contributed by atoms with Crippen LogP contribution in [0.2, 0.25) is 0 Å². The SMILES string of the molecule is CN=C(NCCCc1nnc(SC)n1C1CCCC1)NCC(C)(C)SC. The van der Waals surface area contributed by atoms with E-state index in [1.807, 2.05) is 18.8 Å². The van der Waals surface area contributed by atoms with Crippen LogP contribution >= 0.6 is 23.5 Å². The van der Waals surface area contributed by atoms with Crippen LogP contribution in [0.5, 0.6) is 0 Å². The number of nitrogens with zero attached hydrogens (tertiary/aromatic N) is 4. The average Bonchev–Trinajstić information content (AvgIpc) is 3.30. The van der Waals surface area contributed by atoms with E-state index < -0.39 is 0 Å². The highest BCUT2D eigenvalue weighted by Gasteiger charge is 2.23. The maximum Gasteiger partial charge on any atom is 0.191 e. The number of aryl methyl sites for hydroxylation is 1. The smallest absolute Gasteiger partial charge is 0.191 e. The van der Waals surface area contributed by atoms with Crippen molar-refractivity contribution in [2.24, 2.45) is 4.99 Å². The average molecular weight is 399 g/mol. The Morgan fingerprint density at radius 3 is 2.58 bits per heavy atom. The van der Waals surface area contributed by atoms with Crippen LogP contribution in [0.15, 0.2) is 10.1 Å². The lowest BCUT2D eigenvalue weighted by Gasteiger charge is -2.23. The van der Waals surface area contributed by atoms with Crippen LogP contribution < -0.4 is 10.6 Å². The summed E-state index contributed by atoms with van der Waals surface area (Å²) in [7, 11) is 1.82. The van der Waals surface area contributed by atoms with Gasteiger partial charge in [0.25, 0.3) is 0 Å². The summed E-state index contributed by atoms with van der Waals surface area (Å²) in [5, 5.41) is 16.7. The Balaban J connectivity index is 1.81. The summed E-state index contributed by atoms with van der Waals surface area (Å²) in [6.07, 6.45) is 11.4. The quantitative estimate of drug-likeness (QED) is 0.288. The Kier molecular flexibility index (Phi) is 8.60. The number of hydrogen-bond acceptors (Lipinski definition) is 5. The molecule has 1 fully saturated rings. The summed E-state index contributed by atoms with van der Waals surface area (Å²) in [4.78, 5) is 4.32. The zero-order valence-electron chi connectivity index (χ0n) is 16.8. The minimum atomic E-state index is 0.198. The van der Waals surface area contributed by atoms with Crippen molar-refractivity contribution in [1.29, 1.82) is 0 Å². The van der Waals surface area contributed by atoms with Gasteiger partial charge < -0.3 is 15.2 Å². The molecule has 1 aliphatic carbocycles. The number of rotatable bonds is 9. The van der Waals surface area contributed by atoms with Gasteiger partial charge in [0.1, 0.15) is 5.82 Å². The summed E-state index contributed by atoms with van der Waals surface area (Å²) in [6.45, 7) is 6.24. The second kappa shape index (κ2) is 10.4. The van der Waals surface area contributed by atoms with Crippen molar-refractivity contribution in [1.82, 2.24) is 25.4 Å². The molecule has 26 heavy (non-hydrogen) atoms. The fourth-order valence-corrected chi connectivity index (χ4v) is 3.98. The largest absolute Gasteiger partial charge is 0.356 e. The summed E-state index contributed by atoms with van der Waals surface area (Å²) < 4.78 is 2.59. The zero-order chi connectivity index (χ0) is 19.0. The standard InChI is InChI=1S/C18H34N6S2/c1-18(2,26-5)13-21-16(19-3)20-12-8-11-15-22-23-17(25-4)24(15)14-9-6-7-10-14/h14H,6-13H2,1-5H3,(H2,19,20,21). The summed E-state index contributed by atoms with van der Waals surface area (Å²) in [6, 6.07) is 0.596. The fourth-order valence-electron chi connectivity index (χ4n) is 3.19. The molecule has 2 N–H and O–H groups in total. The number of nitrogens with one attached hydrogen (secondary N) is 2. The van der Waals surface area contributed by atoms with Gasteiger partial charge in [0.2, 0.25) is 0 Å². The van der Waals surface area contributed by atoms with Crippen molar-refractivity contribution in [3.8, 4) is 0 Å². The van der Waals surface area contributed by atoms with Crippen molar-refractivity contribution in [2.75, 3.05) is 32.6 Å². The minimum absolute atomic E-state index is 0.198. The Morgan fingerprint density at radius 1 is 1.23 bits per heavy atom. The van der Waals surface area contributed by atoms with Crippen LogP contribution in [0.1, 0.15) is 57.8 Å². The maximum atomic E-state index is 4.46. The van der Waals surface area contributed by atoms with Gasteiger partial charge in [-0.2, -0.15) is 11.8 Å².